The summed E-state index contributed by atoms with van der Waals surface area (Å²) in [4.78, 5) is 4.75. The first-order chi connectivity index (χ1) is 14.0. The Kier molecular flexibility index (Phi) is 4.24. The van der Waals surface area contributed by atoms with Gasteiger partial charge in [-0.1, -0.05) is 6.07 Å². The summed E-state index contributed by atoms with van der Waals surface area (Å²) in [6.07, 6.45) is -3.04. The molecule has 3 aliphatic rings. The zero-order valence-corrected chi connectivity index (χ0v) is 15.9. The van der Waals surface area contributed by atoms with Gasteiger partial charge < -0.3 is 15.2 Å². The number of hydrogen-bond acceptors (Lipinski definition) is 4. The summed E-state index contributed by atoms with van der Waals surface area (Å²) in [6.45, 7) is -0.478. The smallest absolute Gasteiger partial charge is 0.392 e. The number of amidine groups is 1. The van der Waals surface area contributed by atoms with E-state index in [4.69, 9.17) is 22.9 Å². The number of benzene rings is 1. The molecular formula is C21H27F3N2O2. The highest BCUT2D eigenvalue weighted by Gasteiger charge is 2.59. The van der Waals surface area contributed by atoms with Gasteiger partial charge in [0.1, 0.15) is 5.75 Å². The Morgan fingerprint density at radius 3 is 2.68 bits per heavy atom. The van der Waals surface area contributed by atoms with Gasteiger partial charge in [0, 0.05) is 21.7 Å². The van der Waals surface area contributed by atoms with Gasteiger partial charge in [-0.05, 0) is 61.7 Å². The number of nitrogens with zero attached hydrogens (tertiary/aromatic N) is 1. The molecule has 1 fully saturated rings. The monoisotopic (exact) mass is 398 g/mol. The van der Waals surface area contributed by atoms with Crippen molar-refractivity contribution in [1.29, 1.82) is 0 Å². The second kappa shape index (κ2) is 6.94. The molecule has 0 saturated heterocycles. The van der Waals surface area contributed by atoms with Crippen LogP contribution in [0.5, 0.6) is 5.75 Å². The highest BCUT2D eigenvalue weighted by Crippen LogP contribution is 2.63. The zero-order valence-electron chi connectivity index (χ0n) is 17.9. The van der Waals surface area contributed by atoms with E-state index in [1.54, 1.807) is 19.2 Å². The largest absolute Gasteiger partial charge is 0.493 e. The third-order valence-corrected chi connectivity index (χ3v) is 6.48. The van der Waals surface area contributed by atoms with E-state index in [2.05, 4.69) is 0 Å². The lowest BCUT2D eigenvalue weighted by Gasteiger charge is -2.46. The van der Waals surface area contributed by atoms with Crippen LogP contribution >= 0.6 is 0 Å². The molecule has 154 valence electrons. The summed E-state index contributed by atoms with van der Waals surface area (Å²) in [5.41, 5.74) is 6.15. The molecule has 0 radical (unpaired) electrons. The van der Waals surface area contributed by atoms with Crippen LogP contribution < -0.4 is 10.5 Å². The second-order valence-electron chi connectivity index (χ2n) is 8.09. The van der Waals surface area contributed by atoms with Gasteiger partial charge in [0.25, 0.3) is 0 Å². The molecule has 1 atom stereocenters. The third kappa shape index (κ3) is 3.27. The summed E-state index contributed by atoms with van der Waals surface area (Å²) in [5, 5.41) is 0. The lowest BCUT2D eigenvalue weighted by atomic mass is 9.61. The highest BCUT2D eigenvalue weighted by atomic mass is 19.4. The number of fused-ring (bicyclic) bond motifs is 3. The zero-order chi connectivity index (χ0) is 21.8. The quantitative estimate of drug-likeness (QED) is 0.813. The normalized spacial score (nSPS) is 34.9. The van der Waals surface area contributed by atoms with E-state index in [9.17, 15) is 13.2 Å². The van der Waals surface area contributed by atoms with Crippen molar-refractivity contribution in [3.8, 4) is 5.75 Å². The average molecular weight is 398 g/mol. The average Bonchev–Trinajstić information content (AvgIpc) is 3.06. The first kappa shape index (κ1) is 17.1. The number of nitrogens with two attached hydrogens (primary N) is 1. The molecule has 1 saturated carbocycles. The van der Waals surface area contributed by atoms with Gasteiger partial charge in [0.15, 0.2) is 0 Å². The van der Waals surface area contributed by atoms with Gasteiger partial charge in [-0.2, -0.15) is 13.2 Å². The Labute approximate surface area is 166 Å². The van der Waals surface area contributed by atoms with Gasteiger partial charge in [0.2, 0.25) is 0 Å². The Morgan fingerprint density at radius 1 is 1.32 bits per heavy atom. The highest BCUT2D eigenvalue weighted by molar-refractivity contribution is 5.83. The molecule has 28 heavy (non-hydrogen) atoms. The van der Waals surface area contributed by atoms with Crippen molar-refractivity contribution in [2.24, 2.45) is 16.1 Å². The minimum absolute atomic E-state index is 0.0427. The SMILES string of the molecule is [2H]C1([2H])CC(N)=NC12c1cc(OCCC(F)(F)F)ccc1CC21CCC(OC)CC1. The molecule has 2 spiro atoms. The third-order valence-electron chi connectivity index (χ3n) is 6.48. The predicted octanol–water partition coefficient (Wildman–Crippen LogP) is 4.50. The molecule has 0 bridgehead atoms. The lowest BCUT2D eigenvalue weighted by Crippen LogP contribution is -2.44. The molecule has 1 aromatic carbocycles. The number of alkyl halides is 3. The van der Waals surface area contributed by atoms with Crippen molar-refractivity contribution < 1.29 is 25.4 Å². The number of methoxy groups -OCH3 is 1. The van der Waals surface area contributed by atoms with Gasteiger partial charge in [0.05, 0.1) is 30.5 Å². The van der Waals surface area contributed by atoms with Gasteiger partial charge in [-0.3, -0.25) is 4.99 Å². The predicted molar refractivity (Wildman–Crippen MR) is 101 cm³/mol. The molecule has 4 rings (SSSR count). The van der Waals surface area contributed by atoms with Crippen LogP contribution in [-0.4, -0.2) is 31.8 Å². The molecule has 2 aliphatic carbocycles. The minimum Gasteiger partial charge on any atom is -0.493 e. The van der Waals surface area contributed by atoms with Crippen molar-refractivity contribution >= 4 is 5.84 Å². The van der Waals surface area contributed by atoms with E-state index < -0.39 is 36.5 Å². The molecule has 4 nitrogen and oxygen atoms in total. The molecule has 2 N–H and O–H groups in total. The summed E-state index contributed by atoms with van der Waals surface area (Å²) >= 11 is 0. The molecule has 1 heterocycles. The fourth-order valence-corrected chi connectivity index (χ4v) is 5.09. The maximum atomic E-state index is 12.5. The second-order valence-corrected chi connectivity index (χ2v) is 8.09. The summed E-state index contributed by atoms with van der Waals surface area (Å²) in [6, 6.07) is 5.19. The van der Waals surface area contributed by atoms with Crippen LogP contribution in [0.15, 0.2) is 23.2 Å². The number of ether oxygens (including phenoxy) is 2. The molecular weight excluding hydrogens is 369 g/mol. The van der Waals surface area contributed by atoms with E-state index in [-0.39, 0.29) is 18.4 Å². The Morgan fingerprint density at radius 2 is 2.07 bits per heavy atom. The van der Waals surface area contributed by atoms with Crippen LogP contribution in [0.1, 0.15) is 58.8 Å². The fraction of sp³-hybridized carbons (Fsp3) is 0.667. The van der Waals surface area contributed by atoms with Crippen molar-refractivity contribution in [3.05, 3.63) is 29.3 Å². The van der Waals surface area contributed by atoms with Crippen LogP contribution in [0.2, 0.25) is 0 Å². The van der Waals surface area contributed by atoms with Gasteiger partial charge >= 0.3 is 6.18 Å². The minimum atomic E-state index is -4.29. The van der Waals surface area contributed by atoms with Crippen molar-refractivity contribution in [1.82, 2.24) is 0 Å². The van der Waals surface area contributed by atoms with Crippen LogP contribution in [0.25, 0.3) is 0 Å². The molecule has 7 heteroatoms. The van der Waals surface area contributed by atoms with E-state index >= 15 is 0 Å². The van der Waals surface area contributed by atoms with E-state index in [1.807, 2.05) is 6.07 Å². The molecule has 0 amide bonds. The number of halogens is 3. The van der Waals surface area contributed by atoms with Crippen molar-refractivity contribution in [2.75, 3.05) is 13.7 Å². The van der Waals surface area contributed by atoms with E-state index in [0.29, 0.717) is 17.7 Å². The van der Waals surface area contributed by atoms with Crippen LogP contribution in [0, 0.1) is 5.41 Å². The number of hydrogen-bond donors (Lipinski definition) is 1. The number of aliphatic imine (C=N–C) groups is 1. The number of rotatable bonds is 4. The summed E-state index contributed by atoms with van der Waals surface area (Å²) in [5.74, 6) is 0.584. The van der Waals surface area contributed by atoms with Crippen LogP contribution in [-0.2, 0) is 16.7 Å². The Bertz CT molecular complexity index is 851. The summed E-state index contributed by atoms with van der Waals surface area (Å²) < 4.78 is 66.1. The van der Waals surface area contributed by atoms with E-state index in [1.165, 1.54) is 0 Å². The molecule has 0 aromatic heterocycles. The molecule has 1 unspecified atom stereocenters. The van der Waals surface area contributed by atoms with Crippen LogP contribution in [0.4, 0.5) is 13.2 Å². The van der Waals surface area contributed by atoms with Gasteiger partial charge in [-0.25, -0.2) is 0 Å². The van der Waals surface area contributed by atoms with Gasteiger partial charge in [-0.15, -0.1) is 0 Å². The maximum absolute atomic E-state index is 12.5. The molecule has 1 aromatic rings. The standard InChI is InChI=1S/C21H27F3N2O2/c1-27-15-4-7-19(8-5-15)13-14-2-3-16(28-11-10-21(22,23)24)12-17(14)20(19)9-6-18(25)26-20/h2-3,12,15H,4-11,13H2,1H3,(H2,25,26)/i9D2. The fourth-order valence-electron chi connectivity index (χ4n) is 5.09. The lowest BCUT2D eigenvalue weighted by molar-refractivity contribution is -0.139. The first-order valence-electron chi connectivity index (χ1n) is 10.7. The summed E-state index contributed by atoms with van der Waals surface area (Å²) in [7, 11) is 1.69. The molecule has 1 aliphatic heterocycles. The van der Waals surface area contributed by atoms with E-state index in [0.717, 1.165) is 31.2 Å². The first-order valence-corrected chi connectivity index (χ1v) is 9.72. The Hall–Kier alpha value is -1.76. The van der Waals surface area contributed by atoms with Crippen molar-refractivity contribution in [2.45, 2.75) is 69.1 Å². The maximum Gasteiger partial charge on any atom is 0.392 e. The topological polar surface area (TPSA) is 56.8 Å². The Balaban J connectivity index is 1.72. The van der Waals surface area contributed by atoms with Crippen LogP contribution in [0.3, 0.4) is 0 Å². The van der Waals surface area contributed by atoms with Crippen molar-refractivity contribution in [3.63, 3.8) is 0 Å².